The molecule has 1 atom stereocenters. The van der Waals surface area contributed by atoms with Crippen LogP contribution in [0.5, 0.6) is 0 Å². The van der Waals surface area contributed by atoms with Crippen LogP contribution in [0.15, 0.2) is 64.9 Å². The maximum atomic E-state index is 13.2. The fraction of sp³-hybridized carbons (Fsp3) is 0.111. The van der Waals surface area contributed by atoms with Crippen molar-refractivity contribution in [1.29, 1.82) is 0 Å². The van der Waals surface area contributed by atoms with Gasteiger partial charge in [0.2, 0.25) is 5.16 Å². The standard InChI is InChI=1S/C18H13FN4O2S/c19-13-8-6-12(7-9-13)17-20-21-18-23(17)22-16(11-4-2-1-3-5-11)14(26-18)10-15(24)25/h1-9,14H,10H2,(H,24,25)/t14-/m0/s1. The Bertz CT molecular complexity index is 986. The van der Waals surface area contributed by atoms with Crippen molar-refractivity contribution in [3.8, 4) is 11.4 Å². The summed E-state index contributed by atoms with van der Waals surface area (Å²) in [4.78, 5) is 11.3. The average molecular weight is 368 g/mol. The number of fused-ring (bicyclic) bond motifs is 1. The van der Waals surface area contributed by atoms with Crippen LogP contribution >= 0.6 is 11.8 Å². The highest BCUT2D eigenvalue weighted by Gasteiger charge is 2.30. The van der Waals surface area contributed by atoms with Gasteiger partial charge in [0.1, 0.15) is 5.82 Å². The van der Waals surface area contributed by atoms with Crippen molar-refractivity contribution in [2.75, 3.05) is 0 Å². The van der Waals surface area contributed by atoms with E-state index in [1.807, 2.05) is 30.3 Å². The number of carboxylic acid groups (broad SMARTS) is 1. The van der Waals surface area contributed by atoms with Crippen LogP contribution in [-0.4, -0.2) is 36.9 Å². The van der Waals surface area contributed by atoms with E-state index in [9.17, 15) is 14.3 Å². The summed E-state index contributed by atoms with van der Waals surface area (Å²) in [5.74, 6) is -0.760. The largest absolute Gasteiger partial charge is 0.481 e. The van der Waals surface area contributed by atoms with E-state index in [-0.39, 0.29) is 17.5 Å². The summed E-state index contributed by atoms with van der Waals surface area (Å²) in [5.41, 5.74) is 2.17. The molecule has 0 fully saturated rings. The maximum Gasteiger partial charge on any atom is 0.304 e. The van der Waals surface area contributed by atoms with Crippen molar-refractivity contribution in [1.82, 2.24) is 14.9 Å². The zero-order valence-electron chi connectivity index (χ0n) is 13.4. The first-order valence-electron chi connectivity index (χ1n) is 7.86. The van der Waals surface area contributed by atoms with Gasteiger partial charge in [-0.2, -0.15) is 9.78 Å². The SMILES string of the molecule is O=C(O)C[C@@H]1Sc2nnc(-c3ccc(F)cc3)n2N=C1c1ccccc1. The molecule has 0 aliphatic carbocycles. The smallest absolute Gasteiger partial charge is 0.304 e. The van der Waals surface area contributed by atoms with Crippen molar-refractivity contribution < 1.29 is 14.3 Å². The number of hydrogen-bond donors (Lipinski definition) is 1. The number of hydrogen-bond acceptors (Lipinski definition) is 5. The van der Waals surface area contributed by atoms with Gasteiger partial charge in [0.05, 0.1) is 17.4 Å². The van der Waals surface area contributed by atoms with Crippen LogP contribution in [0.4, 0.5) is 4.39 Å². The predicted molar refractivity (Wildman–Crippen MR) is 95.7 cm³/mol. The van der Waals surface area contributed by atoms with Gasteiger partial charge in [-0.05, 0) is 29.8 Å². The summed E-state index contributed by atoms with van der Waals surface area (Å²) in [5, 5.41) is 22.3. The van der Waals surface area contributed by atoms with E-state index in [1.54, 1.807) is 16.8 Å². The Morgan fingerprint density at radius 1 is 1.08 bits per heavy atom. The normalized spacial score (nSPS) is 16.0. The van der Waals surface area contributed by atoms with Gasteiger partial charge < -0.3 is 5.11 Å². The molecule has 0 saturated heterocycles. The lowest BCUT2D eigenvalue weighted by Crippen LogP contribution is -2.27. The minimum atomic E-state index is -0.905. The second-order valence-corrected chi connectivity index (χ2v) is 6.85. The number of thioether (sulfide) groups is 1. The number of halogens is 1. The third-order valence-corrected chi connectivity index (χ3v) is 5.04. The predicted octanol–water partition coefficient (Wildman–Crippen LogP) is 3.29. The lowest BCUT2D eigenvalue weighted by molar-refractivity contribution is -0.136. The molecule has 1 aliphatic heterocycles. The van der Waals surface area contributed by atoms with Gasteiger partial charge in [0, 0.05) is 5.56 Å². The van der Waals surface area contributed by atoms with Gasteiger partial charge in [0.25, 0.3) is 0 Å². The zero-order chi connectivity index (χ0) is 18.1. The van der Waals surface area contributed by atoms with Crippen molar-refractivity contribution in [3.63, 3.8) is 0 Å². The number of rotatable bonds is 4. The van der Waals surface area contributed by atoms with Gasteiger partial charge in [-0.25, -0.2) is 4.39 Å². The Kier molecular flexibility index (Phi) is 4.26. The molecule has 1 N–H and O–H groups in total. The van der Waals surface area contributed by atoms with Crippen LogP contribution in [0.3, 0.4) is 0 Å². The highest BCUT2D eigenvalue weighted by Crippen LogP contribution is 2.34. The summed E-state index contributed by atoms with van der Waals surface area (Å²) in [6.07, 6.45) is -0.0723. The van der Waals surface area contributed by atoms with Gasteiger partial charge in [-0.1, -0.05) is 42.1 Å². The van der Waals surface area contributed by atoms with Crippen molar-refractivity contribution in [2.45, 2.75) is 16.8 Å². The Morgan fingerprint density at radius 3 is 2.50 bits per heavy atom. The highest BCUT2D eigenvalue weighted by atomic mass is 32.2. The van der Waals surface area contributed by atoms with Crippen LogP contribution < -0.4 is 0 Å². The monoisotopic (exact) mass is 368 g/mol. The van der Waals surface area contributed by atoms with Crippen molar-refractivity contribution in [3.05, 3.63) is 66.0 Å². The second-order valence-electron chi connectivity index (χ2n) is 5.68. The molecule has 0 saturated carbocycles. The lowest BCUT2D eigenvalue weighted by atomic mass is 10.1. The zero-order valence-corrected chi connectivity index (χ0v) is 14.2. The molecule has 6 nitrogen and oxygen atoms in total. The first kappa shape index (κ1) is 16.5. The molecule has 0 bridgehead atoms. The quantitative estimate of drug-likeness (QED) is 0.764. The van der Waals surface area contributed by atoms with E-state index in [2.05, 4.69) is 15.3 Å². The molecule has 1 aliphatic rings. The molecule has 26 heavy (non-hydrogen) atoms. The third kappa shape index (κ3) is 3.11. The van der Waals surface area contributed by atoms with Crippen LogP contribution in [0, 0.1) is 5.82 Å². The number of aliphatic carboxylic acids is 1. The van der Waals surface area contributed by atoms with Crippen LogP contribution in [-0.2, 0) is 4.79 Å². The molecular weight excluding hydrogens is 355 g/mol. The molecule has 2 aromatic carbocycles. The Hall–Kier alpha value is -3.00. The molecule has 3 aromatic rings. The van der Waals surface area contributed by atoms with E-state index in [4.69, 9.17) is 0 Å². The number of aromatic nitrogens is 3. The fourth-order valence-electron chi connectivity index (χ4n) is 2.71. The number of benzene rings is 2. The maximum absolute atomic E-state index is 13.2. The summed E-state index contributed by atoms with van der Waals surface area (Å²) in [7, 11) is 0. The van der Waals surface area contributed by atoms with Crippen molar-refractivity contribution in [2.24, 2.45) is 5.10 Å². The minimum absolute atomic E-state index is 0.0723. The van der Waals surface area contributed by atoms with Gasteiger partial charge >= 0.3 is 5.97 Å². The number of nitrogens with zero attached hydrogens (tertiary/aromatic N) is 4. The van der Waals surface area contributed by atoms with Crippen LogP contribution in [0.2, 0.25) is 0 Å². The van der Waals surface area contributed by atoms with Crippen LogP contribution in [0.1, 0.15) is 12.0 Å². The molecule has 0 amide bonds. The minimum Gasteiger partial charge on any atom is -0.481 e. The average Bonchev–Trinajstić information content (AvgIpc) is 3.05. The van der Waals surface area contributed by atoms with E-state index in [0.29, 0.717) is 22.3 Å². The highest BCUT2D eigenvalue weighted by molar-refractivity contribution is 8.00. The molecule has 0 radical (unpaired) electrons. The van der Waals surface area contributed by atoms with Crippen molar-refractivity contribution >= 4 is 23.4 Å². The summed E-state index contributed by atoms with van der Waals surface area (Å²) >= 11 is 1.31. The van der Waals surface area contributed by atoms with E-state index in [0.717, 1.165) is 5.56 Å². The molecule has 130 valence electrons. The molecule has 8 heteroatoms. The first-order chi connectivity index (χ1) is 12.6. The van der Waals surface area contributed by atoms with E-state index < -0.39 is 5.97 Å². The second kappa shape index (κ2) is 6.72. The van der Waals surface area contributed by atoms with Crippen LogP contribution in [0.25, 0.3) is 11.4 Å². The molecule has 2 heterocycles. The third-order valence-electron chi connectivity index (χ3n) is 3.90. The molecule has 4 rings (SSSR count). The Morgan fingerprint density at radius 2 is 1.81 bits per heavy atom. The van der Waals surface area contributed by atoms with E-state index >= 15 is 0 Å². The number of carboxylic acids is 1. The summed E-state index contributed by atoms with van der Waals surface area (Å²) in [6.45, 7) is 0. The van der Waals surface area contributed by atoms with Gasteiger partial charge in [-0.15, -0.1) is 10.2 Å². The van der Waals surface area contributed by atoms with Gasteiger partial charge in [-0.3, -0.25) is 4.79 Å². The summed E-state index contributed by atoms with van der Waals surface area (Å²) in [6, 6.07) is 15.3. The Labute approximate surface area is 152 Å². The fourth-order valence-corrected chi connectivity index (χ4v) is 3.80. The van der Waals surface area contributed by atoms with Gasteiger partial charge in [0.15, 0.2) is 5.82 Å². The van der Waals surface area contributed by atoms with E-state index in [1.165, 1.54) is 23.9 Å². The molecular formula is C18H13FN4O2S. The lowest BCUT2D eigenvalue weighted by Gasteiger charge is -2.22. The molecule has 0 unspecified atom stereocenters. The number of carbonyl (C=O) groups is 1. The topological polar surface area (TPSA) is 80.4 Å². The first-order valence-corrected chi connectivity index (χ1v) is 8.74. The Balaban J connectivity index is 1.82. The molecule has 0 spiro atoms. The molecule has 1 aromatic heterocycles. The summed E-state index contributed by atoms with van der Waals surface area (Å²) < 4.78 is 14.8.